The number of carbonyl (C=O) groups is 1. The van der Waals surface area contributed by atoms with Crippen LogP contribution < -0.4 is 5.32 Å². The van der Waals surface area contributed by atoms with E-state index in [1.54, 1.807) is 0 Å². The molecule has 1 rings (SSSR count). The largest absolute Gasteiger partial charge is 0.481 e. The van der Waals surface area contributed by atoms with E-state index in [2.05, 4.69) is 19.2 Å². The Bertz CT molecular complexity index is 248. The Morgan fingerprint density at radius 2 is 1.95 bits per heavy atom. The molecule has 0 unspecified atom stereocenters. The zero-order valence-electron chi connectivity index (χ0n) is 12.4. The van der Waals surface area contributed by atoms with E-state index >= 15 is 0 Å². The molecule has 0 atom stereocenters. The number of rotatable bonds is 9. The second kappa shape index (κ2) is 9.32. The molecule has 0 spiro atoms. The van der Waals surface area contributed by atoms with Crippen LogP contribution in [0.15, 0.2) is 0 Å². The molecule has 112 valence electrons. The zero-order valence-corrected chi connectivity index (χ0v) is 12.4. The molecule has 1 saturated carbocycles. The maximum atomic E-state index is 10.8. The van der Waals surface area contributed by atoms with Gasteiger partial charge in [0.25, 0.3) is 0 Å². The number of ether oxygens (including phenoxy) is 1. The molecule has 0 aliphatic heterocycles. The van der Waals surface area contributed by atoms with Crippen molar-refractivity contribution in [1.82, 2.24) is 5.32 Å². The van der Waals surface area contributed by atoms with E-state index in [0.717, 1.165) is 58.4 Å². The van der Waals surface area contributed by atoms with E-state index < -0.39 is 5.97 Å². The molecule has 1 aliphatic carbocycles. The maximum Gasteiger partial charge on any atom is 0.306 e. The number of aliphatic carboxylic acids is 1. The normalized spacial score (nSPS) is 23.7. The molecular weight excluding hydrogens is 242 g/mol. The van der Waals surface area contributed by atoms with Gasteiger partial charge in [0.15, 0.2) is 0 Å². The van der Waals surface area contributed by atoms with E-state index in [1.807, 2.05) is 0 Å². The van der Waals surface area contributed by atoms with Crippen molar-refractivity contribution < 1.29 is 14.6 Å². The summed E-state index contributed by atoms with van der Waals surface area (Å²) in [5.41, 5.74) is 0. The van der Waals surface area contributed by atoms with Crippen molar-refractivity contribution in [2.75, 3.05) is 26.3 Å². The van der Waals surface area contributed by atoms with Crippen molar-refractivity contribution in [3.8, 4) is 0 Å². The smallest absolute Gasteiger partial charge is 0.306 e. The lowest BCUT2D eigenvalue weighted by Gasteiger charge is -2.26. The Morgan fingerprint density at radius 1 is 1.26 bits per heavy atom. The van der Waals surface area contributed by atoms with Crippen molar-refractivity contribution in [1.29, 1.82) is 0 Å². The summed E-state index contributed by atoms with van der Waals surface area (Å²) in [4.78, 5) is 10.8. The first kappa shape index (κ1) is 16.4. The molecule has 0 aromatic rings. The van der Waals surface area contributed by atoms with Crippen LogP contribution in [0.3, 0.4) is 0 Å². The lowest BCUT2D eigenvalue weighted by Crippen LogP contribution is -2.30. The van der Waals surface area contributed by atoms with Crippen molar-refractivity contribution >= 4 is 5.97 Å². The lowest BCUT2D eigenvalue weighted by atomic mass is 9.82. The lowest BCUT2D eigenvalue weighted by molar-refractivity contribution is -0.143. The van der Waals surface area contributed by atoms with Crippen LogP contribution in [0.2, 0.25) is 0 Å². The van der Waals surface area contributed by atoms with Gasteiger partial charge in [-0.1, -0.05) is 13.8 Å². The molecular formula is C15H29NO3. The number of carboxylic acid groups (broad SMARTS) is 1. The highest BCUT2D eigenvalue weighted by atomic mass is 16.5. The Kier molecular flexibility index (Phi) is 8.07. The topological polar surface area (TPSA) is 58.6 Å². The first-order valence-corrected chi connectivity index (χ1v) is 7.61. The fraction of sp³-hybridized carbons (Fsp3) is 0.933. The first-order valence-electron chi connectivity index (χ1n) is 7.61. The molecule has 19 heavy (non-hydrogen) atoms. The van der Waals surface area contributed by atoms with Crippen LogP contribution >= 0.6 is 0 Å². The summed E-state index contributed by atoms with van der Waals surface area (Å²) in [6, 6.07) is 0. The monoisotopic (exact) mass is 271 g/mol. The van der Waals surface area contributed by atoms with Crippen molar-refractivity contribution in [3.05, 3.63) is 0 Å². The van der Waals surface area contributed by atoms with Crippen molar-refractivity contribution in [3.63, 3.8) is 0 Å². The first-order chi connectivity index (χ1) is 9.09. The predicted molar refractivity (Wildman–Crippen MR) is 76.2 cm³/mol. The fourth-order valence-corrected chi connectivity index (χ4v) is 2.49. The molecule has 1 fully saturated rings. The minimum atomic E-state index is -0.620. The predicted octanol–water partition coefficient (Wildman–Crippen LogP) is 2.53. The molecule has 0 aromatic carbocycles. The average molecular weight is 271 g/mol. The molecule has 0 aromatic heterocycles. The van der Waals surface area contributed by atoms with Gasteiger partial charge in [-0.05, 0) is 50.5 Å². The van der Waals surface area contributed by atoms with Crippen molar-refractivity contribution in [2.45, 2.75) is 46.0 Å². The van der Waals surface area contributed by atoms with E-state index in [1.165, 1.54) is 0 Å². The van der Waals surface area contributed by atoms with E-state index in [9.17, 15) is 4.79 Å². The molecule has 4 nitrogen and oxygen atoms in total. The highest BCUT2D eigenvalue weighted by Gasteiger charge is 2.25. The van der Waals surface area contributed by atoms with Gasteiger partial charge in [0.1, 0.15) is 0 Å². The molecule has 0 amide bonds. The summed E-state index contributed by atoms with van der Waals surface area (Å²) < 4.78 is 5.54. The van der Waals surface area contributed by atoms with Crippen LogP contribution in [-0.4, -0.2) is 37.4 Å². The quantitative estimate of drug-likeness (QED) is 0.633. The minimum Gasteiger partial charge on any atom is -0.481 e. The van der Waals surface area contributed by atoms with Crippen LogP contribution in [0.25, 0.3) is 0 Å². The standard InChI is InChI=1S/C15H29NO3/c1-12(2)7-9-19-10-8-16-11-13-3-5-14(6-4-13)15(17)18/h12-14,16H,3-11H2,1-2H3,(H,17,18). The third-order valence-electron chi connectivity index (χ3n) is 3.89. The van der Waals surface area contributed by atoms with E-state index in [4.69, 9.17) is 9.84 Å². The van der Waals surface area contributed by atoms with Gasteiger partial charge in [-0.3, -0.25) is 4.79 Å². The molecule has 0 heterocycles. The number of nitrogens with one attached hydrogen (secondary N) is 1. The van der Waals surface area contributed by atoms with Crippen LogP contribution in [0.4, 0.5) is 0 Å². The average Bonchev–Trinajstić information content (AvgIpc) is 2.38. The summed E-state index contributed by atoms with van der Waals surface area (Å²) in [5.74, 6) is 0.629. The summed E-state index contributed by atoms with van der Waals surface area (Å²) in [6.45, 7) is 7.93. The Balaban J connectivity index is 1.92. The third-order valence-corrected chi connectivity index (χ3v) is 3.89. The van der Waals surface area contributed by atoms with E-state index in [-0.39, 0.29) is 5.92 Å². The Labute approximate surface area is 116 Å². The maximum absolute atomic E-state index is 10.8. The second-order valence-electron chi connectivity index (χ2n) is 6.05. The van der Waals surface area contributed by atoms with Gasteiger partial charge in [0.05, 0.1) is 12.5 Å². The highest BCUT2D eigenvalue weighted by Crippen LogP contribution is 2.28. The minimum absolute atomic E-state index is 0.101. The molecule has 2 N–H and O–H groups in total. The van der Waals surface area contributed by atoms with Gasteiger partial charge in [-0.25, -0.2) is 0 Å². The molecule has 0 bridgehead atoms. The van der Waals surface area contributed by atoms with Crippen LogP contribution in [0.5, 0.6) is 0 Å². The Morgan fingerprint density at radius 3 is 2.53 bits per heavy atom. The van der Waals surface area contributed by atoms with E-state index in [0.29, 0.717) is 11.8 Å². The highest BCUT2D eigenvalue weighted by molar-refractivity contribution is 5.69. The molecule has 0 saturated heterocycles. The summed E-state index contributed by atoms with van der Waals surface area (Å²) in [7, 11) is 0. The molecule has 1 aliphatic rings. The Hall–Kier alpha value is -0.610. The van der Waals surface area contributed by atoms with Gasteiger partial charge in [0, 0.05) is 13.2 Å². The third kappa shape index (κ3) is 7.53. The number of hydrogen-bond donors (Lipinski definition) is 2. The summed E-state index contributed by atoms with van der Waals surface area (Å²) >= 11 is 0. The van der Waals surface area contributed by atoms with Gasteiger partial charge in [-0.15, -0.1) is 0 Å². The summed E-state index contributed by atoms with van der Waals surface area (Å²) in [6.07, 6.45) is 4.88. The molecule has 0 radical (unpaired) electrons. The van der Waals surface area contributed by atoms with Crippen molar-refractivity contribution in [2.24, 2.45) is 17.8 Å². The molecule has 4 heteroatoms. The SMILES string of the molecule is CC(C)CCOCCNCC1CCC(C(=O)O)CC1. The zero-order chi connectivity index (χ0) is 14.1. The number of carboxylic acids is 1. The van der Waals surface area contributed by atoms with Gasteiger partial charge in [-0.2, -0.15) is 0 Å². The van der Waals surface area contributed by atoms with Crippen LogP contribution in [0, 0.1) is 17.8 Å². The van der Waals surface area contributed by atoms with Gasteiger partial charge < -0.3 is 15.2 Å². The fourth-order valence-electron chi connectivity index (χ4n) is 2.49. The van der Waals surface area contributed by atoms with Crippen LogP contribution in [-0.2, 0) is 9.53 Å². The van der Waals surface area contributed by atoms with Crippen LogP contribution in [0.1, 0.15) is 46.0 Å². The second-order valence-corrected chi connectivity index (χ2v) is 6.05. The number of hydrogen-bond acceptors (Lipinski definition) is 3. The van der Waals surface area contributed by atoms with Gasteiger partial charge in [0.2, 0.25) is 0 Å². The summed E-state index contributed by atoms with van der Waals surface area (Å²) in [5, 5.41) is 12.3. The van der Waals surface area contributed by atoms with Gasteiger partial charge >= 0.3 is 5.97 Å².